The van der Waals surface area contributed by atoms with Crippen molar-refractivity contribution in [3.05, 3.63) is 0 Å². The Labute approximate surface area is 110 Å². The van der Waals surface area contributed by atoms with Crippen molar-refractivity contribution >= 4 is 5.91 Å². The molecule has 0 radical (unpaired) electrons. The van der Waals surface area contributed by atoms with Crippen molar-refractivity contribution in [2.45, 2.75) is 18.9 Å². The lowest BCUT2D eigenvalue weighted by molar-refractivity contribution is -0.134. The topological polar surface area (TPSA) is 38.8 Å². The van der Waals surface area contributed by atoms with Crippen LogP contribution in [0.4, 0.5) is 0 Å². The van der Waals surface area contributed by atoms with Crippen molar-refractivity contribution in [2.24, 2.45) is 0 Å². The third kappa shape index (κ3) is 3.67. The van der Waals surface area contributed by atoms with E-state index in [0.717, 1.165) is 45.7 Å². The fourth-order valence-corrected chi connectivity index (χ4v) is 2.76. The van der Waals surface area contributed by atoms with E-state index in [1.165, 1.54) is 6.42 Å². The number of amides is 1. The van der Waals surface area contributed by atoms with Gasteiger partial charge in [0.25, 0.3) is 0 Å². The van der Waals surface area contributed by atoms with Crippen molar-refractivity contribution in [1.82, 2.24) is 20.0 Å². The number of likely N-dealkylation sites (tertiary alicyclic amines) is 1. The van der Waals surface area contributed by atoms with E-state index in [0.29, 0.717) is 18.5 Å². The zero-order valence-corrected chi connectivity index (χ0v) is 11.7. The van der Waals surface area contributed by atoms with Crippen LogP contribution in [0.5, 0.6) is 0 Å². The van der Waals surface area contributed by atoms with Crippen molar-refractivity contribution in [3.8, 4) is 0 Å². The molecule has 2 fully saturated rings. The van der Waals surface area contributed by atoms with E-state index in [4.69, 9.17) is 0 Å². The molecule has 0 aliphatic carbocycles. The van der Waals surface area contributed by atoms with Crippen molar-refractivity contribution < 1.29 is 4.79 Å². The van der Waals surface area contributed by atoms with Gasteiger partial charge < -0.3 is 15.1 Å². The minimum atomic E-state index is 0.309. The van der Waals surface area contributed by atoms with Crippen LogP contribution in [0, 0.1) is 0 Å². The summed E-state index contributed by atoms with van der Waals surface area (Å²) in [7, 11) is 4.21. The molecule has 1 amide bonds. The van der Waals surface area contributed by atoms with Crippen molar-refractivity contribution in [3.63, 3.8) is 0 Å². The molecule has 1 atom stereocenters. The molecule has 0 aromatic carbocycles. The Bertz CT molecular complexity index is 276. The average molecular weight is 254 g/mol. The van der Waals surface area contributed by atoms with Gasteiger partial charge in [-0.3, -0.25) is 9.69 Å². The van der Waals surface area contributed by atoms with E-state index in [2.05, 4.69) is 34.1 Å². The first-order valence-electron chi connectivity index (χ1n) is 7.04. The van der Waals surface area contributed by atoms with Crippen LogP contribution in [0.1, 0.15) is 12.8 Å². The third-order valence-corrected chi connectivity index (χ3v) is 4.05. The summed E-state index contributed by atoms with van der Waals surface area (Å²) in [4.78, 5) is 18.8. The van der Waals surface area contributed by atoms with Gasteiger partial charge in [-0.15, -0.1) is 0 Å². The van der Waals surface area contributed by atoms with Crippen molar-refractivity contribution in [2.75, 3.05) is 59.9 Å². The quantitative estimate of drug-likeness (QED) is 0.733. The minimum absolute atomic E-state index is 0.309. The van der Waals surface area contributed by atoms with Crippen LogP contribution in [-0.2, 0) is 4.79 Å². The summed E-state index contributed by atoms with van der Waals surface area (Å²) in [5.41, 5.74) is 0. The van der Waals surface area contributed by atoms with Gasteiger partial charge in [-0.05, 0) is 26.9 Å². The molecule has 2 aliphatic heterocycles. The number of nitrogens with one attached hydrogen (secondary N) is 1. The molecule has 2 heterocycles. The molecule has 5 nitrogen and oxygen atoms in total. The van der Waals surface area contributed by atoms with Crippen LogP contribution in [-0.4, -0.2) is 86.6 Å². The molecule has 2 saturated heterocycles. The highest BCUT2D eigenvalue weighted by Gasteiger charge is 2.26. The number of likely N-dealkylation sites (N-methyl/N-ethyl adjacent to an activating group) is 1. The first-order chi connectivity index (χ1) is 8.66. The lowest BCUT2D eigenvalue weighted by Crippen LogP contribution is -2.52. The Balaban J connectivity index is 1.80. The van der Waals surface area contributed by atoms with Gasteiger partial charge in [-0.1, -0.05) is 0 Å². The highest BCUT2D eigenvalue weighted by atomic mass is 16.2. The molecular formula is C13H26N4O. The van der Waals surface area contributed by atoms with Gasteiger partial charge in [-0.2, -0.15) is 0 Å². The molecule has 0 aromatic heterocycles. The fourth-order valence-electron chi connectivity index (χ4n) is 2.76. The summed E-state index contributed by atoms with van der Waals surface area (Å²) in [5, 5.41) is 3.32. The molecule has 1 unspecified atom stereocenters. The molecule has 5 heteroatoms. The molecule has 2 aliphatic rings. The largest absolute Gasteiger partial charge is 0.340 e. The molecule has 1 N–H and O–H groups in total. The van der Waals surface area contributed by atoms with Crippen LogP contribution in [0.2, 0.25) is 0 Å². The van der Waals surface area contributed by atoms with Gasteiger partial charge in [0.1, 0.15) is 0 Å². The van der Waals surface area contributed by atoms with E-state index in [1.54, 1.807) is 0 Å². The summed E-state index contributed by atoms with van der Waals surface area (Å²) in [5.74, 6) is 0.309. The fraction of sp³-hybridized carbons (Fsp3) is 0.923. The summed E-state index contributed by atoms with van der Waals surface area (Å²) < 4.78 is 0. The van der Waals surface area contributed by atoms with Crippen molar-refractivity contribution in [1.29, 1.82) is 0 Å². The summed E-state index contributed by atoms with van der Waals surface area (Å²) >= 11 is 0. The Morgan fingerprint density at radius 3 is 2.67 bits per heavy atom. The second-order valence-corrected chi connectivity index (χ2v) is 5.63. The normalized spacial score (nSPS) is 26.6. The first-order valence-corrected chi connectivity index (χ1v) is 7.04. The van der Waals surface area contributed by atoms with E-state index >= 15 is 0 Å². The number of rotatable bonds is 3. The highest BCUT2D eigenvalue weighted by Crippen LogP contribution is 2.14. The number of hydrogen-bond acceptors (Lipinski definition) is 4. The first kappa shape index (κ1) is 13.8. The maximum absolute atomic E-state index is 12.3. The molecule has 0 aromatic rings. The number of piperazine rings is 1. The molecule has 0 saturated carbocycles. The maximum Gasteiger partial charge on any atom is 0.236 e. The van der Waals surface area contributed by atoms with Gasteiger partial charge >= 0.3 is 0 Å². The second-order valence-electron chi connectivity index (χ2n) is 5.63. The van der Waals surface area contributed by atoms with Crippen LogP contribution < -0.4 is 5.32 Å². The van der Waals surface area contributed by atoms with Gasteiger partial charge in [0, 0.05) is 45.3 Å². The summed E-state index contributed by atoms with van der Waals surface area (Å²) in [6.07, 6.45) is 2.35. The Hall–Kier alpha value is -0.650. The summed E-state index contributed by atoms with van der Waals surface area (Å²) in [6, 6.07) is 0.533. The molecule has 2 rings (SSSR count). The Morgan fingerprint density at radius 1 is 1.28 bits per heavy atom. The van der Waals surface area contributed by atoms with Crippen LogP contribution in [0.3, 0.4) is 0 Å². The number of nitrogens with zero attached hydrogens (tertiary/aromatic N) is 3. The number of carbonyl (C=O) groups is 1. The van der Waals surface area contributed by atoms with E-state index in [1.807, 2.05) is 0 Å². The molecule has 0 bridgehead atoms. The molecule has 0 spiro atoms. The Morgan fingerprint density at radius 2 is 2.00 bits per heavy atom. The number of hydrogen-bond donors (Lipinski definition) is 1. The molecule has 18 heavy (non-hydrogen) atoms. The monoisotopic (exact) mass is 254 g/mol. The van der Waals surface area contributed by atoms with Crippen LogP contribution >= 0.6 is 0 Å². The summed E-state index contributed by atoms with van der Waals surface area (Å²) in [6.45, 7) is 6.45. The number of carbonyl (C=O) groups excluding carboxylic acids is 1. The SMILES string of the molecule is CN(C)C1CCCN(C(=O)CN2CCNCC2)C1. The van der Waals surface area contributed by atoms with E-state index in [-0.39, 0.29) is 0 Å². The van der Waals surface area contributed by atoms with Gasteiger partial charge in [-0.25, -0.2) is 0 Å². The van der Waals surface area contributed by atoms with Crippen LogP contribution in [0.15, 0.2) is 0 Å². The van der Waals surface area contributed by atoms with Gasteiger partial charge in [0.15, 0.2) is 0 Å². The minimum Gasteiger partial charge on any atom is -0.340 e. The second kappa shape index (κ2) is 6.50. The smallest absolute Gasteiger partial charge is 0.236 e. The third-order valence-electron chi connectivity index (χ3n) is 4.05. The van der Waals surface area contributed by atoms with E-state index < -0.39 is 0 Å². The van der Waals surface area contributed by atoms with E-state index in [9.17, 15) is 4.79 Å². The van der Waals surface area contributed by atoms with Gasteiger partial charge in [0.05, 0.1) is 6.54 Å². The number of piperidine rings is 1. The van der Waals surface area contributed by atoms with Crippen LogP contribution in [0.25, 0.3) is 0 Å². The highest BCUT2D eigenvalue weighted by molar-refractivity contribution is 5.78. The zero-order valence-electron chi connectivity index (χ0n) is 11.7. The predicted octanol–water partition coefficient (Wildman–Crippen LogP) is -0.556. The Kier molecular flexibility index (Phi) is 4.97. The lowest BCUT2D eigenvalue weighted by Gasteiger charge is -2.37. The predicted molar refractivity (Wildman–Crippen MR) is 72.6 cm³/mol. The zero-order chi connectivity index (χ0) is 13.0. The molecular weight excluding hydrogens is 228 g/mol. The molecule has 104 valence electrons. The lowest BCUT2D eigenvalue weighted by atomic mass is 10.0. The maximum atomic E-state index is 12.3. The standard InChI is InChI=1S/C13H26N4O/c1-15(2)12-4-3-7-17(10-12)13(18)11-16-8-5-14-6-9-16/h12,14H,3-11H2,1-2H3. The van der Waals surface area contributed by atoms with Gasteiger partial charge in [0.2, 0.25) is 5.91 Å². The average Bonchev–Trinajstić information content (AvgIpc) is 2.40.